The number of carbonyl (C=O) groups is 1. The van der Waals surface area contributed by atoms with Gasteiger partial charge in [0.15, 0.2) is 0 Å². The van der Waals surface area contributed by atoms with Crippen LogP contribution in [0.4, 0.5) is 5.69 Å². The van der Waals surface area contributed by atoms with Gasteiger partial charge in [-0.2, -0.15) is 5.10 Å². The van der Waals surface area contributed by atoms with E-state index in [1.54, 1.807) is 6.20 Å². The molecule has 0 radical (unpaired) electrons. The van der Waals surface area contributed by atoms with E-state index < -0.39 is 11.9 Å². The first-order chi connectivity index (χ1) is 9.43. The van der Waals surface area contributed by atoms with Crippen LogP contribution in [-0.4, -0.2) is 41.4 Å². The summed E-state index contributed by atoms with van der Waals surface area (Å²) in [6, 6.07) is -0.501. The number of primary amides is 1. The molecule has 1 atom stereocenters. The number of nitrogens with one attached hydrogen (secondary N) is 1. The lowest BCUT2D eigenvalue weighted by Crippen LogP contribution is -2.57. The van der Waals surface area contributed by atoms with Gasteiger partial charge in [-0.25, -0.2) is 4.68 Å². The lowest BCUT2D eigenvalue weighted by molar-refractivity contribution is -0.119. The summed E-state index contributed by atoms with van der Waals surface area (Å²) < 4.78 is 1.81. The quantitative estimate of drug-likeness (QED) is 0.796. The molecule has 1 fully saturated rings. The van der Waals surface area contributed by atoms with Crippen LogP contribution in [0.5, 0.6) is 0 Å². The van der Waals surface area contributed by atoms with E-state index in [1.807, 2.05) is 18.7 Å². The van der Waals surface area contributed by atoms with Gasteiger partial charge in [0.1, 0.15) is 10.5 Å². The first-order valence-electron chi connectivity index (χ1n) is 6.47. The van der Waals surface area contributed by atoms with Gasteiger partial charge in [-0.05, 0) is 29.8 Å². The molecule has 2 heterocycles. The zero-order valence-electron chi connectivity index (χ0n) is 11.5. The maximum absolute atomic E-state index is 12.2. The van der Waals surface area contributed by atoms with Crippen molar-refractivity contribution in [3.8, 4) is 0 Å². The Bertz CT molecular complexity index is 571. The van der Waals surface area contributed by atoms with E-state index in [1.165, 1.54) is 4.68 Å². The van der Waals surface area contributed by atoms with E-state index in [2.05, 4.69) is 26.3 Å². The molecule has 7 nitrogen and oxygen atoms in total. The standard InChI is InChI=1S/C12H18BrN5O2/c1-7(2)18-12(20)10(13)8(6-16-18)17-4-3-15-5-9(17)11(14)19/h6-7,9,15H,3-5H2,1-2H3,(H2,14,19). The van der Waals surface area contributed by atoms with Crippen molar-refractivity contribution in [3.63, 3.8) is 0 Å². The van der Waals surface area contributed by atoms with E-state index in [4.69, 9.17) is 5.73 Å². The second kappa shape index (κ2) is 5.92. The Hall–Kier alpha value is -1.41. The Morgan fingerprint density at radius 2 is 2.30 bits per heavy atom. The van der Waals surface area contributed by atoms with Crippen molar-refractivity contribution >= 4 is 27.5 Å². The Balaban J connectivity index is 2.44. The molecule has 3 N–H and O–H groups in total. The van der Waals surface area contributed by atoms with E-state index in [0.29, 0.717) is 23.2 Å². The highest BCUT2D eigenvalue weighted by molar-refractivity contribution is 9.10. The minimum Gasteiger partial charge on any atom is -0.368 e. The Kier molecular flexibility index (Phi) is 4.44. The highest BCUT2D eigenvalue weighted by atomic mass is 79.9. The summed E-state index contributed by atoms with van der Waals surface area (Å²) in [5, 5.41) is 7.29. The summed E-state index contributed by atoms with van der Waals surface area (Å²) in [5.41, 5.74) is 5.82. The highest BCUT2D eigenvalue weighted by Crippen LogP contribution is 2.24. The second-order valence-electron chi connectivity index (χ2n) is 5.00. The number of piperazine rings is 1. The number of nitrogens with zero attached hydrogens (tertiary/aromatic N) is 3. The van der Waals surface area contributed by atoms with Gasteiger partial charge >= 0.3 is 0 Å². The molecule has 8 heteroatoms. The fourth-order valence-electron chi connectivity index (χ4n) is 2.25. The van der Waals surface area contributed by atoms with E-state index in [-0.39, 0.29) is 11.6 Å². The topological polar surface area (TPSA) is 93.2 Å². The molecule has 0 aliphatic carbocycles. The van der Waals surface area contributed by atoms with Crippen LogP contribution in [0.3, 0.4) is 0 Å². The fraction of sp³-hybridized carbons (Fsp3) is 0.583. The lowest BCUT2D eigenvalue weighted by atomic mass is 10.1. The van der Waals surface area contributed by atoms with E-state index in [0.717, 1.165) is 6.54 Å². The maximum atomic E-state index is 12.2. The third-order valence-corrected chi connectivity index (χ3v) is 4.04. The number of hydrogen-bond donors (Lipinski definition) is 2. The maximum Gasteiger partial charge on any atom is 0.283 e. The smallest absolute Gasteiger partial charge is 0.283 e. The highest BCUT2D eigenvalue weighted by Gasteiger charge is 2.29. The van der Waals surface area contributed by atoms with Crippen molar-refractivity contribution in [3.05, 3.63) is 21.0 Å². The van der Waals surface area contributed by atoms with Crippen molar-refractivity contribution in [2.24, 2.45) is 5.73 Å². The molecular weight excluding hydrogens is 326 g/mol. The van der Waals surface area contributed by atoms with Gasteiger partial charge in [0.05, 0.1) is 17.9 Å². The SMILES string of the molecule is CC(C)n1ncc(N2CCNCC2C(N)=O)c(Br)c1=O. The van der Waals surface area contributed by atoms with E-state index in [9.17, 15) is 9.59 Å². The molecular formula is C12H18BrN5O2. The summed E-state index contributed by atoms with van der Waals surface area (Å²) in [4.78, 5) is 25.6. The van der Waals surface area contributed by atoms with Crippen LogP contribution in [0.1, 0.15) is 19.9 Å². The number of carbonyl (C=O) groups excluding carboxylic acids is 1. The fourth-order valence-corrected chi connectivity index (χ4v) is 2.76. The summed E-state index contributed by atoms with van der Waals surface area (Å²) in [6.07, 6.45) is 1.60. The summed E-state index contributed by atoms with van der Waals surface area (Å²) in [6.45, 7) is 5.56. The zero-order chi connectivity index (χ0) is 14.9. The third-order valence-electron chi connectivity index (χ3n) is 3.30. The van der Waals surface area contributed by atoms with Crippen LogP contribution < -0.4 is 21.5 Å². The van der Waals surface area contributed by atoms with Crippen LogP contribution in [0.25, 0.3) is 0 Å². The molecule has 1 amide bonds. The normalized spacial score (nSPS) is 19.4. The molecule has 0 spiro atoms. The van der Waals surface area contributed by atoms with Crippen molar-refractivity contribution in [2.75, 3.05) is 24.5 Å². The van der Waals surface area contributed by atoms with Gasteiger partial charge in [-0.15, -0.1) is 0 Å². The van der Waals surface area contributed by atoms with Gasteiger partial charge in [-0.1, -0.05) is 0 Å². The van der Waals surface area contributed by atoms with Crippen LogP contribution in [0.2, 0.25) is 0 Å². The molecule has 1 aromatic rings. The molecule has 110 valence electrons. The van der Waals surface area contributed by atoms with Crippen molar-refractivity contribution in [2.45, 2.75) is 25.9 Å². The minimum atomic E-state index is -0.476. The number of halogens is 1. The predicted molar refractivity (Wildman–Crippen MR) is 79.8 cm³/mol. The van der Waals surface area contributed by atoms with Gasteiger partial charge in [0, 0.05) is 19.6 Å². The van der Waals surface area contributed by atoms with Gasteiger partial charge < -0.3 is 16.0 Å². The summed E-state index contributed by atoms with van der Waals surface area (Å²) >= 11 is 3.32. The molecule has 1 aliphatic heterocycles. The Morgan fingerprint density at radius 1 is 1.60 bits per heavy atom. The van der Waals surface area contributed by atoms with E-state index >= 15 is 0 Å². The molecule has 0 aromatic carbocycles. The van der Waals surface area contributed by atoms with Gasteiger partial charge in [0.2, 0.25) is 5.91 Å². The van der Waals surface area contributed by atoms with Crippen molar-refractivity contribution in [1.29, 1.82) is 0 Å². The van der Waals surface area contributed by atoms with Crippen LogP contribution in [-0.2, 0) is 4.79 Å². The van der Waals surface area contributed by atoms with Crippen LogP contribution in [0.15, 0.2) is 15.5 Å². The van der Waals surface area contributed by atoms with Crippen molar-refractivity contribution in [1.82, 2.24) is 15.1 Å². The molecule has 1 aromatic heterocycles. The number of amides is 1. The summed E-state index contributed by atoms with van der Waals surface area (Å²) in [5.74, 6) is -0.419. The largest absolute Gasteiger partial charge is 0.368 e. The molecule has 0 bridgehead atoms. The molecule has 0 saturated carbocycles. The number of rotatable bonds is 3. The first-order valence-corrected chi connectivity index (χ1v) is 7.26. The van der Waals surface area contributed by atoms with Gasteiger partial charge in [0.25, 0.3) is 5.56 Å². The number of nitrogens with two attached hydrogens (primary N) is 1. The predicted octanol–water partition coefficient (Wildman–Crippen LogP) is -0.150. The van der Waals surface area contributed by atoms with Crippen molar-refractivity contribution < 1.29 is 4.79 Å². The molecule has 1 saturated heterocycles. The number of hydrogen-bond acceptors (Lipinski definition) is 5. The van der Waals surface area contributed by atoms with Crippen LogP contribution in [0, 0.1) is 0 Å². The lowest BCUT2D eigenvalue weighted by Gasteiger charge is -2.36. The average molecular weight is 344 g/mol. The molecule has 1 aliphatic rings. The summed E-state index contributed by atoms with van der Waals surface area (Å²) in [7, 11) is 0. The average Bonchev–Trinajstić information content (AvgIpc) is 2.41. The first kappa shape index (κ1) is 15.0. The third kappa shape index (κ3) is 2.71. The molecule has 2 rings (SSSR count). The zero-order valence-corrected chi connectivity index (χ0v) is 13.1. The monoisotopic (exact) mass is 343 g/mol. The number of anilines is 1. The van der Waals surface area contributed by atoms with Crippen LogP contribution >= 0.6 is 15.9 Å². The Labute approximate surface area is 125 Å². The minimum absolute atomic E-state index is 0.0252. The van der Waals surface area contributed by atoms with Gasteiger partial charge in [-0.3, -0.25) is 9.59 Å². The second-order valence-corrected chi connectivity index (χ2v) is 5.80. The number of aromatic nitrogens is 2. The molecule has 1 unspecified atom stereocenters. The molecule has 20 heavy (non-hydrogen) atoms. The Morgan fingerprint density at radius 3 is 2.90 bits per heavy atom.